The summed E-state index contributed by atoms with van der Waals surface area (Å²) in [5.74, 6) is -0.536. The lowest BCUT2D eigenvalue weighted by atomic mass is 9.34. The van der Waals surface area contributed by atoms with Gasteiger partial charge in [-0.05, 0) is 96.7 Å². The summed E-state index contributed by atoms with van der Waals surface area (Å²) in [5, 5.41) is 15.8. The molecule has 2 saturated heterocycles. The highest BCUT2D eigenvalue weighted by atomic mass is 16.5. The summed E-state index contributed by atoms with van der Waals surface area (Å²) in [6.45, 7) is 18.6. The molecular weight excluding hydrogens is 634 g/mol. The van der Waals surface area contributed by atoms with Crippen molar-refractivity contribution in [2.75, 3.05) is 33.0 Å². The Bertz CT molecular complexity index is 1540. The molecule has 0 radical (unpaired) electrons. The molecular formula is C39H61N5O6. The number of aromatic nitrogens is 3. The molecule has 0 spiro atoms. The number of aliphatic carboxylic acids is 1. The van der Waals surface area contributed by atoms with Gasteiger partial charge in [0, 0.05) is 24.2 Å². The van der Waals surface area contributed by atoms with Crippen LogP contribution in [0.5, 0.6) is 0 Å². The van der Waals surface area contributed by atoms with Crippen molar-refractivity contribution in [2.45, 2.75) is 118 Å². The molecule has 7 rings (SSSR count). The van der Waals surface area contributed by atoms with Gasteiger partial charge in [0.25, 0.3) is 5.91 Å². The van der Waals surface area contributed by atoms with Gasteiger partial charge in [0.1, 0.15) is 6.33 Å². The molecule has 5 N–H and O–H groups in total. The van der Waals surface area contributed by atoms with Gasteiger partial charge < -0.3 is 30.8 Å². The van der Waals surface area contributed by atoms with E-state index in [1.54, 1.807) is 4.68 Å². The van der Waals surface area contributed by atoms with Crippen LogP contribution in [-0.4, -0.2) is 76.4 Å². The van der Waals surface area contributed by atoms with E-state index in [4.69, 9.17) is 25.7 Å². The van der Waals surface area contributed by atoms with Crippen LogP contribution in [0.3, 0.4) is 0 Å². The summed E-state index contributed by atoms with van der Waals surface area (Å²) in [4.78, 5) is 30.6. The van der Waals surface area contributed by atoms with Gasteiger partial charge in [0.05, 0.1) is 37.9 Å². The molecule has 2 bridgehead atoms. The van der Waals surface area contributed by atoms with Crippen LogP contribution in [0.2, 0.25) is 0 Å². The predicted molar refractivity (Wildman–Crippen MR) is 188 cm³/mol. The topological polar surface area (TPSA) is 165 Å². The maximum atomic E-state index is 13.5. The standard InChI is InChI=1S/C39H61N5O6/c1-23(2)24(3)35(5)12-13-36(6)25-8-9-28-34(4)18-27(44-32(31(40)45)42-22-43-44)30(50-20-38(41)14-16-48-17-15-38)39(28,21-49-19-34)26(25)10-11-37(36,7)29(35)33(46)47/h10,22-25,27-30H,8-9,11-21,41H2,1-7H3,(H2,40,45)(H,46,47)/t24-,25+,27-,28-,29-,30+,34-,35-,36-,37+,39+/m1/s1. The molecule has 11 atom stereocenters. The highest BCUT2D eigenvalue weighted by molar-refractivity contribution is 5.89. The van der Waals surface area contributed by atoms with Crippen LogP contribution in [-0.2, 0) is 19.0 Å². The number of allylic oxidation sites excluding steroid dienone is 1. The van der Waals surface area contributed by atoms with Crippen LogP contribution < -0.4 is 11.5 Å². The third kappa shape index (κ3) is 4.95. The summed E-state index contributed by atoms with van der Waals surface area (Å²) in [6, 6.07) is -0.317. The first-order valence-corrected chi connectivity index (χ1v) is 19.2. The number of hydrogen-bond acceptors (Lipinski definition) is 8. The number of rotatable bonds is 8. The molecule has 3 saturated carbocycles. The summed E-state index contributed by atoms with van der Waals surface area (Å²) >= 11 is 0. The van der Waals surface area contributed by atoms with E-state index >= 15 is 0 Å². The average Bonchev–Trinajstić information content (AvgIpc) is 3.55. The maximum absolute atomic E-state index is 13.5. The second-order valence-electron chi connectivity index (χ2n) is 18.7. The zero-order chi connectivity index (χ0) is 36.1. The summed E-state index contributed by atoms with van der Waals surface area (Å²) in [7, 11) is 0. The minimum atomic E-state index is -0.667. The number of ether oxygens (including phenoxy) is 3. The number of primary amides is 1. The Morgan fingerprint density at radius 1 is 1.04 bits per heavy atom. The van der Waals surface area contributed by atoms with E-state index in [0.29, 0.717) is 64.6 Å². The highest BCUT2D eigenvalue weighted by Crippen LogP contribution is 2.75. The van der Waals surface area contributed by atoms with Gasteiger partial charge in [0.2, 0.25) is 5.82 Å². The van der Waals surface area contributed by atoms with Gasteiger partial charge in [-0.2, -0.15) is 5.10 Å². The molecule has 2 aliphatic heterocycles. The van der Waals surface area contributed by atoms with E-state index in [1.807, 2.05) is 0 Å². The van der Waals surface area contributed by atoms with Gasteiger partial charge in [-0.15, -0.1) is 0 Å². The third-order valence-corrected chi connectivity index (χ3v) is 16.2. The van der Waals surface area contributed by atoms with Crippen molar-refractivity contribution in [1.29, 1.82) is 0 Å². The number of carbonyl (C=O) groups is 2. The first-order valence-electron chi connectivity index (χ1n) is 19.2. The Labute approximate surface area is 297 Å². The predicted octanol–water partition coefficient (Wildman–Crippen LogP) is 5.40. The minimum Gasteiger partial charge on any atom is -0.481 e. The van der Waals surface area contributed by atoms with Crippen molar-refractivity contribution in [3.8, 4) is 0 Å². The maximum Gasteiger partial charge on any atom is 0.307 e. The van der Waals surface area contributed by atoms with E-state index in [1.165, 1.54) is 11.9 Å². The second kappa shape index (κ2) is 12.1. The Balaban J connectivity index is 1.38. The zero-order valence-corrected chi connectivity index (χ0v) is 31.4. The molecule has 1 aromatic rings. The number of fused-ring (bicyclic) bond motifs is 3. The van der Waals surface area contributed by atoms with Crippen LogP contribution in [0.15, 0.2) is 18.0 Å². The molecule has 3 heterocycles. The van der Waals surface area contributed by atoms with Gasteiger partial charge in [-0.1, -0.05) is 60.1 Å². The third-order valence-electron chi connectivity index (χ3n) is 16.2. The van der Waals surface area contributed by atoms with Crippen molar-refractivity contribution in [1.82, 2.24) is 14.8 Å². The lowest BCUT2D eigenvalue weighted by Gasteiger charge is -2.71. The van der Waals surface area contributed by atoms with Crippen LogP contribution >= 0.6 is 0 Å². The van der Waals surface area contributed by atoms with Crippen molar-refractivity contribution >= 4 is 11.9 Å². The number of carboxylic acids is 1. The van der Waals surface area contributed by atoms with E-state index in [-0.39, 0.29) is 45.9 Å². The summed E-state index contributed by atoms with van der Waals surface area (Å²) in [6.07, 6.45) is 10.1. The minimum absolute atomic E-state index is 0.134. The van der Waals surface area contributed by atoms with Crippen LogP contribution in [0, 0.1) is 56.7 Å². The molecule has 5 fully saturated rings. The Kier molecular flexibility index (Phi) is 8.72. The molecule has 11 nitrogen and oxygen atoms in total. The highest BCUT2D eigenvalue weighted by Gasteiger charge is 2.73. The molecule has 1 amide bonds. The van der Waals surface area contributed by atoms with E-state index in [0.717, 1.165) is 25.7 Å². The fraction of sp³-hybridized carbons (Fsp3) is 0.846. The fourth-order valence-electron chi connectivity index (χ4n) is 12.9. The van der Waals surface area contributed by atoms with E-state index in [9.17, 15) is 14.7 Å². The zero-order valence-electron chi connectivity index (χ0n) is 31.4. The number of hydrogen-bond donors (Lipinski definition) is 3. The molecule has 0 unspecified atom stereocenters. The molecule has 278 valence electrons. The monoisotopic (exact) mass is 695 g/mol. The molecule has 0 aromatic carbocycles. The number of nitrogens with two attached hydrogens (primary N) is 2. The first-order chi connectivity index (χ1) is 23.5. The number of amides is 1. The lowest BCUT2D eigenvalue weighted by molar-refractivity contribution is -0.255. The van der Waals surface area contributed by atoms with Crippen LogP contribution in [0.25, 0.3) is 0 Å². The number of carbonyl (C=O) groups excluding carboxylic acids is 1. The van der Waals surface area contributed by atoms with E-state index < -0.39 is 40.3 Å². The van der Waals surface area contributed by atoms with Crippen molar-refractivity contribution < 1.29 is 28.9 Å². The fourth-order valence-corrected chi connectivity index (χ4v) is 12.9. The molecule has 6 aliphatic rings. The van der Waals surface area contributed by atoms with Crippen molar-refractivity contribution in [2.24, 2.45) is 68.1 Å². The molecule has 11 heteroatoms. The normalized spacial score (nSPS) is 44.3. The summed E-state index contributed by atoms with van der Waals surface area (Å²) < 4.78 is 21.3. The smallest absolute Gasteiger partial charge is 0.307 e. The first kappa shape index (κ1) is 36.0. The Hall–Kier alpha value is -2.34. The van der Waals surface area contributed by atoms with Gasteiger partial charge in [-0.3, -0.25) is 9.59 Å². The van der Waals surface area contributed by atoms with Gasteiger partial charge in [0.15, 0.2) is 0 Å². The largest absolute Gasteiger partial charge is 0.481 e. The SMILES string of the molecule is CC(C)[C@@H](C)[C@@]1(C)CC[C@]2(C)[C@H]3CC[C@@H]4[C@@]5(C)COC[C@@]4(C3=CC[C@@]2(C)[C@@H]1C(=O)O)[C@@H](OCC1(N)CCOCC1)[C@H](n1ncnc1C(N)=O)C5. The number of nitrogens with zero attached hydrogens (tertiary/aromatic N) is 3. The number of carboxylic acid groups (broad SMARTS) is 1. The lowest BCUT2D eigenvalue weighted by Crippen LogP contribution is -2.70. The van der Waals surface area contributed by atoms with Gasteiger partial charge >= 0.3 is 5.97 Å². The summed E-state index contributed by atoms with van der Waals surface area (Å²) in [5.41, 5.74) is 12.0. The molecule has 4 aliphatic carbocycles. The molecule has 50 heavy (non-hydrogen) atoms. The van der Waals surface area contributed by atoms with Crippen LogP contribution in [0.1, 0.15) is 116 Å². The van der Waals surface area contributed by atoms with Crippen LogP contribution in [0.4, 0.5) is 0 Å². The second-order valence-corrected chi connectivity index (χ2v) is 18.7. The van der Waals surface area contributed by atoms with Crippen molar-refractivity contribution in [3.63, 3.8) is 0 Å². The van der Waals surface area contributed by atoms with E-state index in [2.05, 4.69) is 64.6 Å². The van der Waals surface area contributed by atoms with Gasteiger partial charge in [-0.25, -0.2) is 9.67 Å². The Morgan fingerprint density at radius 2 is 1.76 bits per heavy atom. The quantitative estimate of drug-likeness (QED) is 0.302. The molecule has 1 aromatic heterocycles. The van der Waals surface area contributed by atoms with Crippen molar-refractivity contribution in [3.05, 3.63) is 23.8 Å². The Morgan fingerprint density at radius 3 is 2.42 bits per heavy atom. The average molecular weight is 696 g/mol.